The average molecular weight is 238 g/mol. The van der Waals surface area contributed by atoms with Crippen LogP contribution in [0.2, 0.25) is 6.04 Å². The first-order valence-electron chi connectivity index (χ1n) is 4.68. The van der Waals surface area contributed by atoms with Crippen molar-refractivity contribution in [2.75, 3.05) is 27.1 Å². The Balaban J connectivity index is 3.95. The van der Waals surface area contributed by atoms with Gasteiger partial charge in [0.1, 0.15) is 0 Å². The molecule has 0 fully saturated rings. The third kappa shape index (κ3) is 5.36. The zero-order valence-corrected chi connectivity index (χ0v) is 11.9. The average Bonchev–Trinajstić information content (AvgIpc) is 2.11. The van der Waals surface area contributed by atoms with Crippen molar-refractivity contribution in [2.45, 2.75) is 31.6 Å². The Morgan fingerprint density at radius 3 is 1.71 bits per heavy atom. The van der Waals surface area contributed by atoms with Crippen LogP contribution in [0.5, 0.6) is 0 Å². The molecule has 0 N–H and O–H groups in total. The van der Waals surface area contributed by atoms with E-state index in [1.54, 1.807) is 21.3 Å². The van der Waals surface area contributed by atoms with Gasteiger partial charge in [-0.2, -0.15) is 11.8 Å². The summed E-state index contributed by atoms with van der Waals surface area (Å²) in [5.74, 6) is 1.01. The van der Waals surface area contributed by atoms with E-state index in [1.807, 2.05) is 11.8 Å². The van der Waals surface area contributed by atoms with Gasteiger partial charge in [-0.15, -0.1) is 0 Å². The maximum absolute atomic E-state index is 5.33. The third-order valence-electron chi connectivity index (χ3n) is 1.88. The molecule has 0 amide bonds. The van der Waals surface area contributed by atoms with Gasteiger partial charge in [0.05, 0.1) is 0 Å². The van der Waals surface area contributed by atoms with E-state index in [1.165, 1.54) is 0 Å². The van der Waals surface area contributed by atoms with Gasteiger partial charge in [-0.05, 0) is 5.75 Å². The second kappa shape index (κ2) is 6.12. The third-order valence-corrected chi connectivity index (χ3v) is 6.24. The van der Waals surface area contributed by atoms with Gasteiger partial charge >= 0.3 is 8.80 Å². The van der Waals surface area contributed by atoms with E-state index < -0.39 is 8.80 Å². The zero-order valence-electron chi connectivity index (χ0n) is 10.0. The highest BCUT2D eigenvalue weighted by molar-refractivity contribution is 8.00. The quantitative estimate of drug-likeness (QED) is 0.664. The second-order valence-electron chi connectivity index (χ2n) is 4.01. The van der Waals surface area contributed by atoms with Crippen LogP contribution in [-0.2, 0) is 13.3 Å². The molecule has 0 aliphatic heterocycles. The molecule has 0 radical (unpaired) electrons. The second-order valence-corrected chi connectivity index (χ2v) is 9.02. The lowest BCUT2D eigenvalue weighted by molar-refractivity contribution is 0.125. The Kier molecular flexibility index (Phi) is 6.32. The van der Waals surface area contributed by atoms with Crippen molar-refractivity contribution in [1.29, 1.82) is 0 Å². The van der Waals surface area contributed by atoms with Gasteiger partial charge < -0.3 is 13.3 Å². The number of hydrogen-bond donors (Lipinski definition) is 0. The smallest absolute Gasteiger partial charge is 0.377 e. The van der Waals surface area contributed by atoms with Gasteiger partial charge in [-0.25, -0.2) is 0 Å². The Morgan fingerprint density at radius 2 is 1.43 bits per heavy atom. The Hall–Kier alpha value is 0.447. The molecule has 0 rings (SSSR count). The van der Waals surface area contributed by atoms with Crippen molar-refractivity contribution in [3.8, 4) is 0 Å². The molecule has 0 spiro atoms. The van der Waals surface area contributed by atoms with Gasteiger partial charge in [0.2, 0.25) is 0 Å². The van der Waals surface area contributed by atoms with Crippen molar-refractivity contribution in [3.05, 3.63) is 0 Å². The zero-order chi connectivity index (χ0) is 11.2. The molecule has 0 atom stereocenters. The summed E-state index contributed by atoms with van der Waals surface area (Å²) in [5, 5.41) is 0. The summed E-state index contributed by atoms with van der Waals surface area (Å²) in [6.45, 7) is 6.61. The molecule has 0 saturated carbocycles. The molecule has 0 aliphatic rings. The summed E-state index contributed by atoms with van der Waals surface area (Å²) in [5.41, 5.74) is 0. The molecule has 86 valence electrons. The van der Waals surface area contributed by atoms with Crippen LogP contribution in [0.15, 0.2) is 0 Å². The summed E-state index contributed by atoms with van der Waals surface area (Å²) < 4.78 is 16.3. The Bertz CT molecular complexity index is 146. The molecule has 0 aliphatic carbocycles. The van der Waals surface area contributed by atoms with Crippen LogP contribution >= 0.6 is 11.8 Å². The monoisotopic (exact) mass is 238 g/mol. The van der Waals surface area contributed by atoms with Crippen LogP contribution in [0, 0.1) is 0 Å². The summed E-state index contributed by atoms with van der Waals surface area (Å²) in [6, 6.07) is 0.860. The van der Waals surface area contributed by atoms with E-state index in [0.29, 0.717) is 0 Å². The number of rotatable bonds is 6. The van der Waals surface area contributed by atoms with E-state index in [0.717, 1.165) is 11.8 Å². The van der Waals surface area contributed by atoms with Gasteiger partial charge in [-0.3, -0.25) is 0 Å². The maximum atomic E-state index is 5.33. The number of thioether (sulfide) groups is 1. The van der Waals surface area contributed by atoms with Crippen LogP contribution in [0.1, 0.15) is 20.8 Å². The van der Waals surface area contributed by atoms with E-state index in [4.69, 9.17) is 13.3 Å². The molecule has 0 aromatic carbocycles. The minimum absolute atomic E-state index is 0.287. The highest BCUT2D eigenvalue weighted by atomic mass is 32.2. The summed E-state index contributed by atoms with van der Waals surface area (Å²) >= 11 is 1.90. The SMILES string of the molecule is CO[Si](CCSC(C)(C)C)(OC)OC. The molecule has 14 heavy (non-hydrogen) atoms. The highest BCUT2D eigenvalue weighted by Crippen LogP contribution is 2.26. The van der Waals surface area contributed by atoms with E-state index in [-0.39, 0.29) is 4.75 Å². The van der Waals surface area contributed by atoms with Crippen LogP contribution in [0.4, 0.5) is 0 Å². The summed E-state index contributed by atoms with van der Waals surface area (Å²) in [7, 11) is 2.62. The minimum Gasteiger partial charge on any atom is -0.377 e. The molecule has 0 aromatic heterocycles. The molecule has 5 heteroatoms. The largest absolute Gasteiger partial charge is 0.500 e. The van der Waals surface area contributed by atoms with Crippen molar-refractivity contribution < 1.29 is 13.3 Å². The fraction of sp³-hybridized carbons (Fsp3) is 1.00. The minimum atomic E-state index is -2.34. The van der Waals surface area contributed by atoms with Gasteiger partial charge in [-0.1, -0.05) is 20.8 Å². The van der Waals surface area contributed by atoms with E-state index in [9.17, 15) is 0 Å². The maximum Gasteiger partial charge on any atom is 0.500 e. The predicted octanol–water partition coefficient (Wildman–Crippen LogP) is 2.40. The molecule has 3 nitrogen and oxygen atoms in total. The van der Waals surface area contributed by atoms with Crippen molar-refractivity contribution >= 4 is 20.6 Å². The Morgan fingerprint density at radius 1 is 1.00 bits per heavy atom. The molecule has 0 heterocycles. The number of hydrogen-bond acceptors (Lipinski definition) is 4. The standard InChI is InChI=1S/C9H22O3SSi/c1-9(2,3)13-7-8-14(10-4,11-5)12-6/h7-8H2,1-6H3. The van der Waals surface area contributed by atoms with E-state index in [2.05, 4.69) is 20.8 Å². The first kappa shape index (κ1) is 14.4. The van der Waals surface area contributed by atoms with Gasteiger partial charge in [0.15, 0.2) is 0 Å². The summed E-state index contributed by atoms with van der Waals surface area (Å²) in [4.78, 5) is 0. The van der Waals surface area contributed by atoms with Crippen LogP contribution in [0.3, 0.4) is 0 Å². The molecule has 0 saturated heterocycles. The van der Waals surface area contributed by atoms with Crippen LogP contribution in [-0.4, -0.2) is 40.6 Å². The fourth-order valence-corrected chi connectivity index (χ4v) is 4.17. The molecule has 0 bridgehead atoms. The van der Waals surface area contributed by atoms with Gasteiger partial charge in [0, 0.05) is 32.1 Å². The van der Waals surface area contributed by atoms with Crippen molar-refractivity contribution in [3.63, 3.8) is 0 Å². The topological polar surface area (TPSA) is 27.7 Å². The fourth-order valence-electron chi connectivity index (χ4n) is 1.04. The van der Waals surface area contributed by atoms with Crippen LogP contribution in [0.25, 0.3) is 0 Å². The van der Waals surface area contributed by atoms with Gasteiger partial charge in [0.25, 0.3) is 0 Å². The predicted molar refractivity (Wildman–Crippen MR) is 63.8 cm³/mol. The van der Waals surface area contributed by atoms with Crippen LogP contribution < -0.4 is 0 Å². The summed E-state index contributed by atoms with van der Waals surface area (Å²) in [6.07, 6.45) is 0. The Labute approximate surface area is 92.9 Å². The molecular weight excluding hydrogens is 216 g/mol. The lowest BCUT2D eigenvalue weighted by atomic mass is 10.3. The molecule has 0 unspecified atom stereocenters. The normalized spacial score (nSPS) is 13.3. The van der Waals surface area contributed by atoms with Crippen molar-refractivity contribution in [2.24, 2.45) is 0 Å². The lowest BCUT2D eigenvalue weighted by Gasteiger charge is -2.25. The first-order valence-corrected chi connectivity index (χ1v) is 7.60. The first-order chi connectivity index (χ1) is 6.39. The highest BCUT2D eigenvalue weighted by Gasteiger charge is 2.37. The van der Waals surface area contributed by atoms with Crippen molar-refractivity contribution in [1.82, 2.24) is 0 Å². The lowest BCUT2D eigenvalue weighted by Crippen LogP contribution is -2.43. The molecular formula is C9H22O3SSi. The molecule has 0 aromatic rings. The van der Waals surface area contributed by atoms with E-state index >= 15 is 0 Å².